The highest BCUT2D eigenvalue weighted by molar-refractivity contribution is 7.25. The van der Waals surface area contributed by atoms with Gasteiger partial charge in [-0.2, -0.15) is 0 Å². The highest BCUT2D eigenvalue weighted by Crippen LogP contribution is 2.43. The maximum Gasteiger partial charge on any atom is 0.164 e. The first-order chi connectivity index (χ1) is 28.2. The number of fused-ring (bicyclic) bond motifs is 6. The third-order valence-electron chi connectivity index (χ3n) is 10.5. The van der Waals surface area contributed by atoms with Crippen LogP contribution in [0.4, 0.5) is 17.1 Å². The van der Waals surface area contributed by atoms with Crippen LogP contribution in [0.3, 0.4) is 0 Å². The zero-order valence-corrected chi connectivity index (χ0v) is 31.4. The average molecular weight is 749 g/mol. The summed E-state index contributed by atoms with van der Waals surface area (Å²) in [4.78, 5) is 17.4. The molecule has 0 radical (unpaired) electrons. The van der Waals surface area contributed by atoms with Crippen molar-refractivity contribution in [3.8, 4) is 45.3 Å². The zero-order valence-electron chi connectivity index (χ0n) is 30.6. The third kappa shape index (κ3) is 5.91. The largest absolute Gasteiger partial charge is 0.454 e. The van der Waals surface area contributed by atoms with Gasteiger partial charge in [0.25, 0.3) is 0 Å². The van der Waals surface area contributed by atoms with E-state index >= 15 is 0 Å². The molecular weight excluding hydrogens is 717 g/mol. The van der Waals surface area contributed by atoms with Crippen LogP contribution in [0.2, 0.25) is 0 Å². The minimum Gasteiger partial charge on any atom is -0.454 e. The second-order valence-electron chi connectivity index (χ2n) is 14.0. The molecule has 57 heavy (non-hydrogen) atoms. The number of para-hydroxylation sites is 2. The van der Waals surface area contributed by atoms with E-state index in [2.05, 4.69) is 157 Å². The highest BCUT2D eigenvalue weighted by atomic mass is 32.1. The van der Waals surface area contributed by atoms with E-state index in [1.165, 1.54) is 31.3 Å². The summed E-state index contributed by atoms with van der Waals surface area (Å²) in [5.74, 6) is 1.83. The summed E-state index contributed by atoms with van der Waals surface area (Å²) in [5.41, 5.74) is 9.67. The number of thiophene rings is 1. The van der Waals surface area contributed by atoms with E-state index in [-0.39, 0.29) is 0 Å². The molecule has 268 valence electrons. The van der Waals surface area contributed by atoms with E-state index in [4.69, 9.17) is 19.4 Å². The van der Waals surface area contributed by atoms with Crippen molar-refractivity contribution < 1.29 is 4.42 Å². The number of benzene rings is 8. The van der Waals surface area contributed by atoms with Crippen LogP contribution >= 0.6 is 11.3 Å². The molecule has 0 N–H and O–H groups in total. The van der Waals surface area contributed by atoms with Gasteiger partial charge in [0, 0.05) is 59.0 Å². The van der Waals surface area contributed by atoms with Gasteiger partial charge in [0.05, 0.1) is 5.69 Å². The summed E-state index contributed by atoms with van der Waals surface area (Å²) in [5, 5.41) is 4.56. The van der Waals surface area contributed by atoms with Gasteiger partial charge in [-0.15, -0.1) is 11.3 Å². The fourth-order valence-electron chi connectivity index (χ4n) is 7.75. The van der Waals surface area contributed by atoms with Crippen LogP contribution in [-0.2, 0) is 0 Å². The van der Waals surface area contributed by atoms with Crippen molar-refractivity contribution in [3.05, 3.63) is 194 Å². The van der Waals surface area contributed by atoms with Crippen molar-refractivity contribution in [1.82, 2.24) is 15.0 Å². The van der Waals surface area contributed by atoms with Crippen LogP contribution in [-0.4, -0.2) is 15.0 Å². The SMILES string of the molecule is c1ccc(-c2ccc(N(c3ccccc3)c3cccc4c3oc3cc(-c5nc(-c6ccccc6)nc(-c6ccc7c(c6)sc6ccccc67)n5)ccc34)cc2)cc1. The number of anilines is 3. The van der Waals surface area contributed by atoms with Gasteiger partial charge in [-0.05, 0) is 65.7 Å². The Hall–Kier alpha value is -7.41. The summed E-state index contributed by atoms with van der Waals surface area (Å²) >= 11 is 1.79. The molecule has 6 heteroatoms. The summed E-state index contributed by atoms with van der Waals surface area (Å²) < 4.78 is 9.32. The first kappa shape index (κ1) is 33.0. The van der Waals surface area contributed by atoms with Crippen molar-refractivity contribution in [1.29, 1.82) is 0 Å². The lowest BCUT2D eigenvalue weighted by molar-refractivity contribution is 0.669. The third-order valence-corrected chi connectivity index (χ3v) is 11.7. The van der Waals surface area contributed by atoms with E-state index in [1.54, 1.807) is 11.3 Å². The molecule has 0 bridgehead atoms. The van der Waals surface area contributed by atoms with Crippen LogP contribution in [0.25, 0.3) is 87.4 Å². The van der Waals surface area contributed by atoms with Crippen LogP contribution in [0.15, 0.2) is 199 Å². The lowest BCUT2D eigenvalue weighted by Gasteiger charge is -2.25. The number of hydrogen-bond acceptors (Lipinski definition) is 6. The Morgan fingerprint density at radius 3 is 1.63 bits per heavy atom. The van der Waals surface area contributed by atoms with Crippen molar-refractivity contribution in [2.75, 3.05) is 4.90 Å². The molecule has 3 heterocycles. The molecule has 0 aliphatic carbocycles. The molecule has 8 aromatic carbocycles. The molecule has 0 aliphatic heterocycles. The minimum atomic E-state index is 0.585. The monoisotopic (exact) mass is 748 g/mol. The van der Waals surface area contributed by atoms with E-state index in [0.717, 1.165) is 55.7 Å². The number of furan rings is 1. The maximum atomic E-state index is 6.86. The molecule has 5 nitrogen and oxygen atoms in total. The summed E-state index contributed by atoms with van der Waals surface area (Å²) in [6.07, 6.45) is 0. The molecule has 0 aliphatic rings. The fraction of sp³-hybridized carbons (Fsp3) is 0. The Bertz CT molecular complexity index is 3230. The molecule has 0 atom stereocenters. The normalized spacial score (nSPS) is 11.5. The van der Waals surface area contributed by atoms with Gasteiger partial charge < -0.3 is 9.32 Å². The van der Waals surface area contributed by atoms with Crippen LogP contribution in [0, 0.1) is 0 Å². The average Bonchev–Trinajstić information content (AvgIpc) is 3.86. The molecule has 0 saturated carbocycles. The number of rotatable bonds is 7. The van der Waals surface area contributed by atoms with Crippen molar-refractivity contribution in [3.63, 3.8) is 0 Å². The first-order valence-electron chi connectivity index (χ1n) is 18.9. The van der Waals surface area contributed by atoms with Crippen LogP contribution in [0.1, 0.15) is 0 Å². The van der Waals surface area contributed by atoms with E-state index < -0.39 is 0 Å². The van der Waals surface area contributed by atoms with Crippen molar-refractivity contribution in [2.45, 2.75) is 0 Å². The molecule has 0 saturated heterocycles. The number of nitrogens with zero attached hydrogens (tertiary/aromatic N) is 4. The summed E-state index contributed by atoms with van der Waals surface area (Å²) in [6, 6.07) is 67.4. The van der Waals surface area contributed by atoms with Gasteiger partial charge in [0.1, 0.15) is 5.58 Å². The molecule has 11 aromatic rings. The molecule has 11 rings (SSSR count). The van der Waals surface area contributed by atoms with Crippen molar-refractivity contribution in [2.24, 2.45) is 0 Å². The van der Waals surface area contributed by atoms with Gasteiger partial charge in [0.15, 0.2) is 23.1 Å². The van der Waals surface area contributed by atoms with Gasteiger partial charge in [-0.25, -0.2) is 15.0 Å². The summed E-state index contributed by atoms with van der Waals surface area (Å²) in [6.45, 7) is 0. The van der Waals surface area contributed by atoms with Gasteiger partial charge in [-0.1, -0.05) is 140 Å². The maximum absolute atomic E-state index is 6.86. The smallest absolute Gasteiger partial charge is 0.164 e. The van der Waals surface area contributed by atoms with Gasteiger partial charge in [0.2, 0.25) is 0 Å². The Morgan fingerprint density at radius 2 is 0.895 bits per heavy atom. The Morgan fingerprint density at radius 1 is 0.368 bits per heavy atom. The van der Waals surface area contributed by atoms with Gasteiger partial charge in [-0.3, -0.25) is 0 Å². The van der Waals surface area contributed by atoms with E-state index in [0.29, 0.717) is 17.5 Å². The Kier molecular flexibility index (Phi) is 7.93. The topological polar surface area (TPSA) is 55.1 Å². The molecular formula is C51H32N4OS. The van der Waals surface area contributed by atoms with E-state index in [9.17, 15) is 0 Å². The predicted octanol–water partition coefficient (Wildman–Crippen LogP) is 14.3. The minimum absolute atomic E-state index is 0.585. The van der Waals surface area contributed by atoms with Crippen LogP contribution < -0.4 is 4.90 Å². The second-order valence-corrected chi connectivity index (χ2v) is 15.1. The molecule has 0 amide bonds. The predicted molar refractivity (Wildman–Crippen MR) is 236 cm³/mol. The Labute approximate surface area is 332 Å². The van der Waals surface area contributed by atoms with Crippen LogP contribution in [0.5, 0.6) is 0 Å². The lowest BCUT2D eigenvalue weighted by Crippen LogP contribution is -2.10. The second kappa shape index (κ2) is 13.7. The lowest BCUT2D eigenvalue weighted by atomic mass is 10.0. The fourth-order valence-corrected chi connectivity index (χ4v) is 8.90. The molecule has 0 spiro atoms. The number of hydrogen-bond donors (Lipinski definition) is 0. The molecule has 0 fully saturated rings. The van der Waals surface area contributed by atoms with E-state index in [1.807, 2.05) is 42.5 Å². The standard InChI is InChI=1S/C51H32N4OS/c1-4-13-33(14-5-1)34-23-27-39(28-24-34)55(38-17-8-3-9-18-38)44-21-12-20-43-40-29-25-36(31-45(40)56-48(43)44)50-52-49(35-15-6-2-7-16-35)53-51(54-50)37-26-30-42-41-19-10-11-22-46(41)57-47(42)32-37/h1-32H. The Balaban J connectivity index is 1.04. The summed E-state index contributed by atoms with van der Waals surface area (Å²) in [7, 11) is 0. The first-order valence-corrected chi connectivity index (χ1v) is 19.7. The van der Waals surface area contributed by atoms with Gasteiger partial charge >= 0.3 is 0 Å². The molecule has 3 aromatic heterocycles. The zero-order chi connectivity index (χ0) is 37.7. The number of aromatic nitrogens is 3. The molecule has 0 unspecified atom stereocenters. The quantitative estimate of drug-likeness (QED) is 0.162. The van der Waals surface area contributed by atoms with Crippen molar-refractivity contribution >= 4 is 70.5 Å². The highest BCUT2D eigenvalue weighted by Gasteiger charge is 2.21.